The molecule has 0 saturated carbocycles. The Balaban J connectivity index is 2.76. The van der Waals surface area contributed by atoms with Gasteiger partial charge >= 0.3 is 6.03 Å². The van der Waals surface area contributed by atoms with E-state index in [2.05, 4.69) is 15.4 Å². The monoisotopic (exact) mass is 244 g/mol. The number of anilines is 1. The highest BCUT2D eigenvalue weighted by Gasteiger charge is 2.12. The van der Waals surface area contributed by atoms with Crippen molar-refractivity contribution >= 4 is 11.7 Å². The van der Waals surface area contributed by atoms with Crippen LogP contribution in [0.3, 0.4) is 0 Å². The van der Waals surface area contributed by atoms with Crippen LogP contribution in [0.15, 0.2) is 12.1 Å². The van der Waals surface area contributed by atoms with Crippen molar-refractivity contribution < 1.29 is 18.3 Å². The summed E-state index contributed by atoms with van der Waals surface area (Å²) in [6.45, 7) is 2.39. The molecule has 2 N–H and O–H groups in total. The lowest BCUT2D eigenvalue weighted by molar-refractivity contribution is 0.252. The number of carbonyl (C=O) groups is 1. The van der Waals surface area contributed by atoms with Crippen LogP contribution in [0.2, 0.25) is 0 Å². The maximum absolute atomic E-state index is 13.3. The van der Waals surface area contributed by atoms with Gasteiger partial charge in [0.1, 0.15) is 0 Å². The minimum atomic E-state index is -0.863. The summed E-state index contributed by atoms with van der Waals surface area (Å²) in [7, 11) is 1.17. The van der Waals surface area contributed by atoms with E-state index in [4.69, 9.17) is 0 Å². The van der Waals surface area contributed by atoms with E-state index in [1.807, 2.05) is 6.92 Å². The van der Waals surface area contributed by atoms with Crippen LogP contribution < -0.4 is 15.4 Å². The maximum atomic E-state index is 13.3. The number of rotatable bonds is 4. The standard InChI is InChI=1S/C11H14F2N2O2/c1-3-4-14-11(16)15-7-5-8(12)10(17-2)9(13)6-7/h5-6H,3-4H2,1-2H3,(H2,14,15,16). The van der Waals surface area contributed by atoms with E-state index in [1.54, 1.807) is 0 Å². The Kier molecular flexibility index (Phi) is 4.68. The molecule has 0 unspecified atom stereocenters. The highest BCUT2D eigenvalue weighted by atomic mass is 19.1. The topological polar surface area (TPSA) is 50.4 Å². The zero-order chi connectivity index (χ0) is 12.8. The second kappa shape index (κ2) is 6.03. The predicted molar refractivity (Wildman–Crippen MR) is 60.2 cm³/mol. The molecular weight excluding hydrogens is 230 g/mol. The molecule has 0 radical (unpaired) electrons. The smallest absolute Gasteiger partial charge is 0.319 e. The average molecular weight is 244 g/mol. The van der Waals surface area contributed by atoms with E-state index in [0.717, 1.165) is 18.6 Å². The van der Waals surface area contributed by atoms with Crippen LogP contribution in [0.25, 0.3) is 0 Å². The molecule has 1 aromatic rings. The number of ether oxygens (including phenoxy) is 1. The number of halogens is 2. The van der Waals surface area contributed by atoms with Gasteiger partial charge in [-0.3, -0.25) is 0 Å². The zero-order valence-corrected chi connectivity index (χ0v) is 9.64. The first-order valence-electron chi connectivity index (χ1n) is 5.16. The first-order valence-corrected chi connectivity index (χ1v) is 5.16. The van der Waals surface area contributed by atoms with Crippen molar-refractivity contribution in [1.29, 1.82) is 0 Å². The summed E-state index contributed by atoms with van der Waals surface area (Å²) >= 11 is 0. The van der Waals surface area contributed by atoms with Crippen LogP contribution >= 0.6 is 0 Å². The van der Waals surface area contributed by atoms with Crippen molar-refractivity contribution in [3.63, 3.8) is 0 Å². The van der Waals surface area contributed by atoms with Gasteiger partial charge < -0.3 is 15.4 Å². The van der Waals surface area contributed by atoms with E-state index in [-0.39, 0.29) is 5.69 Å². The molecule has 0 bridgehead atoms. The summed E-state index contributed by atoms with van der Waals surface area (Å²) in [5.41, 5.74) is 0.0365. The Morgan fingerprint density at radius 2 is 1.94 bits per heavy atom. The lowest BCUT2D eigenvalue weighted by atomic mass is 10.2. The number of amides is 2. The third kappa shape index (κ3) is 3.58. The minimum Gasteiger partial charge on any atom is -0.491 e. The molecule has 1 rings (SSSR count). The van der Waals surface area contributed by atoms with E-state index in [0.29, 0.717) is 6.54 Å². The zero-order valence-electron chi connectivity index (χ0n) is 9.64. The summed E-state index contributed by atoms with van der Waals surface area (Å²) in [6, 6.07) is 1.48. The number of hydrogen-bond donors (Lipinski definition) is 2. The number of hydrogen-bond acceptors (Lipinski definition) is 2. The maximum Gasteiger partial charge on any atom is 0.319 e. The number of benzene rings is 1. The molecule has 0 aliphatic carbocycles. The van der Waals surface area contributed by atoms with E-state index in [9.17, 15) is 13.6 Å². The quantitative estimate of drug-likeness (QED) is 0.855. The molecule has 0 atom stereocenters. The summed E-state index contributed by atoms with van der Waals surface area (Å²) in [6.07, 6.45) is 0.777. The van der Waals surface area contributed by atoms with Crippen LogP contribution in [0.1, 0.15) is 13.3 Å². The Morgan fingerprint density at radius 3 is 2.41 bits per heavy atom. The largest absolute Gasteiger partial charge is 0.491 e. The fourth-order valence-electron chi connectivity index (χ4n) is 1.24. The van der Waals surface area contributed by atoms with Crippen molar-refractivity contribution in [2.75, 3.05) is 19.0 Å². The molecule has 6 heteroatoms. The van der Waals surface area contributed by atoms with Gasteiger partial charge in [0.05, 0.1) is 7.11 Å². The van der Waals surface area contributed by atoms with Gasteiger partial charge in [-0.15, -0.1) is 0 Å². The van der Waals surface area contributed by atoms with Crippen molar-refractivity contribution in [2.45, 2.75) is 13.3 Å². The SMILES string of the molecule is CCCNC(=O)Nc1cc(F)c(OC)c(F)c1. The van der Waals surface area contributed by atoms with Gasteiger partial charge in [0.25, 0.3) is 0 Å². The molecule has 1 aromatic carbocycles. The Bertz CT molecular complexity index is 387. The molecule has 94 valence electrons. The molecule has 17 heavy (non-hydrogen) atoms. The van der Waals surface area contributed by atoms with Crippen LogP contribution in [0, 0.1) is 11.6 Å². The fraction of sp³-hybridized carbons (Fsp3) is 0.364. The summed E-state index contributed by atoms with van der Waals surface area (Å²) < 4.78 is 31.1. The summed E-state index contributed by atoms with van der Waals surface area (Å²) in [5.74, 6) is -2.19. The first-order chi connectivity index (χ1) is 8.08. The van der Waals surface area contributed by atoms with Crippen molar-refractivity contribution in [2.24, 2.45) is 0 Å². The molecule has 0 aromatic heterocycles. The second-order valence-corrected chi connectivity index (χ2v) is 3.35. The third-order valence-corrected chi connectivity index (χ3v) is 2.00. The molecule has 0 aliphatic rings. The van der Waals surface area contributed by atoms with E-state index in [1.165, 1.54) is 7.11 Å². The van der Waals surface area contributed by atoms with E-state index < -0.39 is 23.4 Å². The summed E-state index contributed by atoms with van der Waals surface area (Å²) in [5, 5.41) is 4.85. The Morgan fingerprint density at radius 1 is 1.35 bits per heavy atom. The van der Waals surface area contributed by atoms with Gasteiger partial charge in [0.2, 0.25) is 0 Å². The lowest BCUT2D eigenvalue weighted by Gasteiger charge is -2.09. The van der Waals surface area contributed by atoms with Crippen molar-refractivity contribution in [1.82, 2.24) is 5.32 Å². The molecule has 0 heterocycles. The highest BCUT2D eigenvalue weighted by molar-refractivity contribution is 5.89. The van der Waals surface area contributed by atoms with E-state index >= 15 is 0 Å². The normalized spacial score (nSPS) is 9.88. The number of carbonyl (C=O) groups excluding carboxylic acids is 1. The van der Waals surface area contributed by atoms with Crippen LogP contribution in [-0.2, 0) is 0 Å². The van der Waals surface area contributed by atoms with Crippen LogP contribution in [-0.4, -0.2) is 19.7 Å². The third-order valence-electron chi connectivity index (χ3n) is 2.00. The van der Waals surface area contributed by atoms with Gasteiger partial charge in [0, 0.05) is 24.4 Å². The molecular formula is C11H14F2N2O2. The van der Waals surface area contributed by atoms with Gasteiger partial charge in [-0.1, -0.05) is 6.92 Å². The van der Waals surface area contributed by atoms with Crippen LogP contribution in [0.5, 0.6) is 5.75 Å². The predicted octanol–water partition coefficient (Wildman–Crippen LogP) is 2.50. The first kappa shape index (κ1) is 13.2. The van der Waals surface area contributed by atoms with Crippen molar-refractivity contribution in [3.8, 4) is 5.75 Å². The molecule has 4 nitrogen and oxygen atoms in total. The fourth-order valence-corrected chi connectivity index (χ4v) is 1.24. The molecule has 0 fully saturated rings. The number of methoxy groups -OCH3 is 1. The summed E-state index contributed by atoms with van der Waals surface area (Å²) in [4.78, 5) is 11.3. The minimum absolute atomic E-state index is 0.0365. The lowest BCUT2D eigenvalue weighted by Crippen LogP contribution is -2.29. The van der Waals surface area contributed by atoms with Gasteiger partial charge in [0.15, 0.2) is 17.4 Å². The second-order valence-electron chi connectivity index (χ2n) is 3.35. The van der Waals surface area contributed by atoms with Crippen LogP contribution in [0.4, 0.5) is 19.3 Å². The Labute approximate surface area is 98.0 Å². The number of urea groups is 1. The van der Waals surface area contributed by atoms with Gasteiger partial charge in [-0.25, -0.2) is 13.6 Å². The molecule has 0 saturated heterocycles. The highest BCUT2D eigenvalue weighted by Crippen LogP contribution is 2.25. The average Bonchev–Trinajstić information content (AvgIpc) is 2.26. The number of nitrogens with one attached hydrogen (secondary N) is 2. The molecule has 0 aliphatic heterocycles. The van der Waals surface area contributed by atoms with Gasteiger partial charge in [-0.05, 0) is 6.42 Å². The Hall–Kier alpha value is -1.85. The van der Waals surface area contributed by atoms with Crippen molar-refractivity contribution in [3.05, 3.63) is 23.8 Å². The van der Waals surface area contributed by atoms with Gasteiger partial charge in [-0.2, -0.15) is 0 Å². The molecule has 2 amide bonds. The molecule has 0 spiro atoms.